The van der Waals surface area contributed by atoms with E-state index in [1.807, 2.05) is 6.07 Å². The Bertz CT molecular complexity index is 398. The summed E-state index contributed by atoms with van der Waals surface area (Å²) < 4.78 is 0. The molecule has 5 heteroatoms. The summed E-state index contributed by atoms with van der Waals surface area (Å²) in [6.45, 7) is 0. The SMILES string of the molecule is O=C(O)[C@@](Cc1ccccc1)(C1CC1)N(O)O. The quantitative estimate of drug-likeness (QED) is 0.677. The number of carbonyl (C=O) groups is 1. The van der Waals surface area contributed by atoms with Gasteiger partial charge in [-0.15, -0.1) is 0 Å². The van der Waals surface area contributed by atoms with Gasteiger partial charge in [-0.05, 0) is 24.3 Å². The van der Waals surface area contributed by atoms with Gasteiger partial charge in [0.05, 0.1) is 0 Å². The van der Waals surface area contributed by atoms with Gasteiger partial charge in [-0.1, -0.05) is 35.6 Å². The molecule has 0 amide bonds. The Morgan fingerprint density at radius 3 is 2.29 bits per heavy atom. The zero-order chi connectivity index (χ0) is 12.5. The van der Waals surface area contributed by atoms with E-state index < -0.39 is 11.5 Å². The molecular weight excluding hydrogens is 222 g/mol. The number of aliphatic carboxylic acids is 1. The smallest absolute Gasteiger partial charge is 0.329 e. The van der Waals surface area contributed by atoms with Gasteiger partial charge in [0, 0.05) is 6.42 Å². The maximum Gasteiger partial charge on any atom is 0.329 e. The molecule has 0 spiro atoms. The second-order valence-electron chi connectivity index (χ2n) is 4.46. The first-order valence-electron chi connectivity index (χ1n) is 5.52. The van der Waals surface area contributed by atoms with Crippen molar-refractivity contribution in [1.82, 2.24) is 5.23 Å². The van der Waals surface area contributed by atoms with E-state index in [2.05, 4.69) is 0 Å². The van der Waals surface area contributed by atoms with Crippen molar-refractivity contribution < 1.29 is 20.3 Å². The van der Waals surface area contributed by atoms with Crippen LogP contribution in [0.25, 0.3) is 0 Å². The highest BCUT2D eigenvalue weighted by Crippen LogP contribution is 2.44. The Balaban J connectivity index is 2.30. The lowest BCUT2D eigenvalue weighted by molar-refractivity contribution is -0.361. The van der Waals surface area contributed by atoms with Crippen LogP contribution >= 0.6 is 0 Å². The van der Waals surface area contributed by atoms with Crippen molar-refractivity contribution in [1.29, 1.82) is 0 Å². The molecule has 0 radical (unpaired) electrons. The number of nitrogens with zero attached hydrogens (tertiary/aromatic N) is 1. The molecule has 2 rings (SSSR count). The van der Waals surface area contributed by atoms with Crippen LogP contribution < -0.4 is 0 Å². The minimum atomic E-state index is -1.62. The summed E-state index contributed by atoms with van der Waals surface area (Å²) in [5.41, 5.74) is -0.851. The summed E-state index contributed by atoms with van der Waals surface area (Å²) in [5, 5.41) is 27.8. The van der Waals surface area contributed by atoms with Crippen molar-refractivity contribution in [2.45, 2.75) is 24.8 Å². The number of hydroxylamine groups is 2. The van der Waals surface area contributed by atoms with E-state index in [0.717, 1.165) is 5.56 Å². The van der Waals surface area contributed by atoms with Crippen LogP contribution in [-0.4, -0.2) is 32.3 Å². The Morgan fingerprint density at radius 2 is 1.88 bits per heavy atom. The summed E-state index contributed by atoms with van der Waals surface area (Å²) in [6.07, 6.45) is 1.49. The van der Waals surface area contributed by atoms with Crippen LogP contribution in [-0.2, 0) is 11.2 Å². The van der Waals surface area contributed by atoms with Gasteiger partial charge in [-0.25, -0.2) is 4.79 Å². The van der Waals surface area contributed by atoms with E-state index in [1.54, 1.807) is 24.3 Å². The number of hydrogen-bond donors (Lipinski definition) is 3. The summed E-state index contributed by atoms with van der Waals surface area (Å²) in [6, 6.07) is 8.99. The average molecular weight is 237 g/mol. The van der Waals surface area contributed by atoms with Crippen LogP contribution in [0.15, 0.2) is 30.3 Å². The monoisotopic (exact) mass is 237 g/mol. The van der Waals surface area contributed by atoms with E-state index in [1.165, 1.54) is 0 Å². The fraction of sp³-hybridized carbons (Fsp3) is 0.417. The Morgan fingerprint density at radius 1 is 1.29 bits per heavy atom. The lowest BCUT2D eigenvalue weighted by Gasteiger charge is -2.32. The molecule has 17 heavy (non-hydrogen) atoms. The molecule has 1 aromatic rings. The van der Waals surface area contributed by atoms with Gasteiger partial charge in [0.1, 0.15) is 0 Å². The molecule has 1 atom stereocenters. The summed E-state index contributed by atoms with van der Waals surface area (Å²) in [7, 11) is 0. The first-order chi connectivity index (χ1) is 8.07. The zero-order valence-corrected chi connectivity index (χ0v) is 9.28. The van der Waals surface area contributed by atoms with Crippen LogP contribution in [0.2, 0.25) is 0 Å². The van der Waals surface area contributed by atoms with Crippen molar-refractivity contribution in [3.8, 4) is 0 Å². The van der Waals surface area contributed by atoms with Crippen molar-refractivity contribution in [2.24, 2.45) is 5.92 Å². The zero-order valence-electron chi connectivity index (χ0n) is 9.28. The van der Waals surface area contributed by atoms with Crippen molar-refractivity contribution in [3.05, 3.63) is 35.9 Å². The Labute approximate surface area is 98.8 Å². The van der Waals surface area contributed by atoms with Gasteiger partial charge in [-0.2, -0.15) is 0 Å². The first kappa shape index (κ1) is 12.0. The Hall–Kier alpha value is -1.43. The van der Waals surface area contributed by atoms with Crippen molar-refractivity contribution in [2.75, 3.05) is 0 Å². The van der Waals surface area contributed by atoms with Crippen LogP contribution in [0.3, 0.4) is 0 Å². The molecule has 92 valence electrons. The molecule has 1 aliphatic rings. The molecular formula is C12H15NO4. The van der Waals surface area contributed by atoms with Crippen LogP contribution in [0, 0.1) is 5.92 Å². The maximum atomic E-state index is 11.4. The third-order valence-corrected chi connectivity index (χ3v) is 3.30. The highest BCUT2D eigenvalue weighted by atomic mass is 16.8. The van der Waals surface area contributed by atoms with Gasteiger partial charge < -0.3 is 5.11 Å². The van der Waals surface area contributed by atoms with E-state index in [0.29, 0.717) is 12.8 Å². The second kappa shape index (κ2) is 4.44. The lowest BCUT2D eigenvalue weighted by atomic mass is 9.86. The summed E-state index contributed by atoms with van der Waals surface area (Å²) >= 11 is 0. The molecule has 3 N–H and O–H groups in total. The summed E-state index contributed by atoms with van der Waals surface area (Å²) in [4.78, 5) is 11.4. The van der Waals surface area contributed by atoms with Gasteiger partial charge in [-0.3, -0.25) is 10.4 Å². The number of hydrogen-bond acceptors (Lipinski definition) is 4. The summed E-state index contributed by atoms with van der Waals surface area (Å²) in [5.74, 6) is -1.41. The minimum Gasteiger partial charge on any atom is -0.480 e. The van der Waals surface area contributed by atoms with E-state index in [9.17, 15) is 20.3 Å². The Kier molecular flexibility index (Phi) is 3.15. The normalized spacial score (nSPS) is 19.0. The fourth-order valence-electron chi connectivity index (χ4n) is 2.18. The van der Waals surface area contributed by atoms with Crippen LogP contribution in [0.1, 0.15) is 18.4 Å². The predicted molar refractivity (Wildman–Crippen MR) is 58.6 cm³/mol. The molecule has 0 aromatic heterocycles. The van der Waals surface area contributed by atoms with E-state index in [4.69, 9.17) is 0 Å². The lowest BCUT2D eigenvalue weighted by Crippen LogP contribution is -2.55. The third kappa shape index (κ3) is 2.17. The predicted octanol–water partition coefficient (Wildman–Crippen LogP) is 1.54. The molecule has 0 saturated heterocycles. The van der Waals surface area contributed by atoms with Gasteiger partial charge in [0.2, 0.25) is 0 Å². The molecule has 0 unspecified atom stereocenters. The molecule has 5 nitrogen and oxygen atoms in total. The van der Waals surface area contributed by atoms with Crippen molar-refractivity contribution in [3.63, 3.8) is 0 Å². The molecule has 1 aromatic carbocycles. The number of rotatable bonds is 5. The highest BCUT2D eigenvalue weighted by molar-refractivity contribution is 5.80. The van der Waals surface area contributed by atoms with Gasteiger partial charge >= 0.3 is 5.97 Å². The standard InChI is InChI=1S/C12H15NO4/c14-11(15)12(13(16)17,10-6-7-10)8-9-4-2-1-3-5-9/h1-5,10,16-17H,6-8H2,(H,14,15)/t12-/m1/s1. The van der Waals surface area contributed by atoms with Gasteiger partial charge in [0.15, 0.2) is 5.54 Å². The molecule has 0 bridgehead atoms. The van der Waals surface area contributed by atoms with Crippen LogP contribution in [0.5, 0.6) is 0 Å². The molecule has 1 aliphatic carbocycles. The molecule has 0 heterocycles. The van der Waals surface area contributed by atoms with E-state index in [-0.39, 0.29) is 17.6 Å². The largest absolute Gasteiger partial charge is 0.480 e. The van der Waals surface area contributed by atoms with E-state index >= 15 is 0 Å². The molecule has 1 fully saturated rings. The molecule has 0 aliphatic heterocycles. The molecule has 1 saturated carbocycles. The van der Waals surface area contributed by atoms with Crippen LogP contribution in [0.4, 0.5) is 0 Å². The highest BCUT2D eigenvalue weighted by Gasteiger charge is 2.55. The fourth-order valence-corrected chi connectivity index (χ4v) is 2.18. The minimum absolute atomic E-state index is 0.0842. The third-order valence-electron chi connectivity index (χ3n) is 3.30. The second-order valence-corrected chi connectivity index (χ2v) is 4.46. The topological polar surface area (TPSA) is 81.0 Å². The number of carboxylic acids is 1. The number of benzene rings is 1. The average Bonchev–Trinajstić information content (AvgIpc) is 3.10. The van der Waals surface area contributed by atoms with Gasteiger partial charge in [0.25, 0.3) is 0 Å². The maximum absolute atomic E-state index is 11.4. The van der Waals surface area contributed by atoms with Crippen molar-refractivity contribution >= 4 is 5.97 Å². The number of carboxylic acid groups (broad SMARTS) is 1. The first-order valence-corrected chi connectivity index (χ1v) is 5.52.